The van der Waals surface area contributed by atoms with Gasteiger partial charge in [-0.25, -0.2) is 0 Å². The summed E-state index contributed by atoms with van der Waals surface area (Å²) < 4.78 is 5.89. The van der Waals surface area contributed by atoms with Gasteiger partial charge in [0.15, 0.2) is 0 Å². The van der Waals surface area contributed by atoms with Gasteiger partial charge in [0.25, 0.3) is 0 Å². The first-order chi connectivity index (χ1) is 29.5. The average molecular weight is 844 g/mol. The number of aliphatic hydroxyl groups excluding tert-OH is 2. The first-order valence-electron chi connectivity index (χ1n) is 26.2. The van der Waals surface area contributed by atoms with Crippen molar-refractivity contribution in [2.45, 2.75) is 289 Å². The fourth-order valence-electron chi connectivity index (χ4n) is 7.93. The molecule has 0 saturated carbocycles. The van der Waals surface area contributed by atoms with Crippen molar-refractivity contribution < 1.29 is 24.5 Å². The van der Waals surface area contributed by atoms with E-state index in [0.717, 1.165) is 83.5 Å². The van der Waals surface area contributed by atoms with E-state index >= 15 is 0 Å². The fraction of sp³-hybridized carbons (Fsp3) is 0.852. The minimum atomic E-state index is -0.794. The zero-order valence-electron chi connectivity index (χ0n) is 40.1. The van der Waals surface area contributed by atoms with Crippen LogP contribution in [0.5, 0.6) is 0 Å². The van der Waals surface area contributed by atoms with E-state index in [0.29, 0.717) is 19.3 Å². The predicted molar refractivity (Wildman–Crippen MR) is 259 cm³/mol. The van der Waals surface area contributed by atoms with Crippen molar-refractivity contribution in [1.82, 2.24) is 5.32 Å². The highest BCUT2D eigenvalue weighted by molar-refractivity contribution is 5.77. The summed E-state index contributed by atoms with van der Waals surface area (Å²) in [7, 11) is 0. The Bertz CT molecular complexity index is 993. The van der Waals surface area contributed by atoms with Gasteiger partial charge in [0.05, 0.1) is 25.2 Å². The highest BCUT2D eigenvalue weighted by Crippen LogP contribution is 2.17. The van der Waals surface area contributed by atoms with Crippen LogP contribution >= 0.6 is 0 Å². The smallest absolute Gasteiger partial charge is 0.306 e. The molecule has 0 spiro atoms. The molecule has 0 rings (SSSR count). The van der Waals surface area contributed by atoms with Gasteiger partial charge in [0.2, 0.25) is 5.91 Å². The molecule has 3 atom stereocenters. The Morgan fingerprint density at radius 3 is 1.35 bits per heavy atom. The number of esters is 1. The number of hydrogen-bond acceptors (Lipinski definition) is 5. The van der Waals surface area contributed by atoms with Crippen LogP contribution in [0.4, 0.5) is 0 Å². The lowest BCUT2D eigenvalue weighted by Crippen LogP contribution is -2.46. The van der Waals surface area contributed by atoms with E-state index in [-0.39, 0.29) is 24.9 Å². The first-order valence-corrected chi connectivity index (χ1v) is 26.2. The molecule has 3 unspecified atom stereocenters. The number of rotatable bonds is 47. The van der Waals surface area contributed by atoms with Crippen LogP contribution in [0.1, 0.15) is 271 Å². The molecule has 60 heavy (non-hydrogen) atoms. The van der Waals surface area contributed by atoms with E-state index < -0.39 is 18.2 Å². The molecule has 0 fully saturated rings. The van der Waals surface area contributed by atoms with Gasteiger partial charge < -0.3 is 20.3 Å². The number of allylic oxidation sites excluding steroid dienone is 6. The number of aliphatic hydroxyl groups is 2. The Morgan fingerprint density at radius 2 is 0.867 bits per heavy atom. The summed E-state index contributed by atoms with van der Waals surface area (Å²) in [6.45, 7) is 6.44. The number of carbonyl (C=O) groups is 2. The van der Waals surface area contributed by atoms with Gasteiger partial charge in [-0.05, 0) is 70.6 Å². The predicted octanol–water partition coefficient (Wildman–Crippen LogP) is 15.7. The molecule has 0 aromatic carbocycles. The second-order valence-electron chi connectivity index (χ2n) is 17.9. The van der Waals surface area contributed by atoms with Crippen molar-refractivity contribution in [2.24, 2.45) is 0 Å². The fourth-order valence-corrected chi connectivity index (χ4v) is 7.93. The summed E-state index contributed by atoms with van der Waals surface area (Å²) in [6.07, 6.45) is 56.4. The SMILES string of the molecule is CCCC/C=C\CCCCCC(CC(=O)NC(CO)C(O)CCCCCCCCCCCCCCCCCC)OC(=O)CCCCC/C=C/C=C/CCCCCCCCC. The molecule has 0 aromatic heterocycles. The standard InChI is InChI=1S/C54H101NO5/c1-4-7-10-13-16-19-21-23-25-27-29-31-34-37-40-43-46-52(57)51(49-56)55-53(58)48-50(45-42-39-36-33-18-15-12-9-6-3)60-54(59)47-44-41-38-35-32-30-28-26-24-22-20-17-14-11-8-5-2/h15,18,26,28,30,32,50-52,56-57H,4-14,16-17,19-25,27,29,31,33-49H2,1-3H3,(H,55,58)/b18-15-,28-26+,32-30+. The summed E-state index contributed by atoms with van der Waals surface area (Å²) >= 11 is 0. The van der Waals surface area contributed by atoms with Gasteiger partial charge in [-0.15, -0.1) is 0 Å². The van der Waals surface area contributed by atoms with Crippen LogP contribution in [0.25, 0.3) is 0 Å². The normalized spacial score (nSPS) is 13.5. The van der Waals surface area contributed by atoms with E-state index in [1.165, 1.54) is 141 Å². The van der Waals surface area contributed by atoms with Crippen molar-refractivity contribution in [3.8, 4) is 0 Å². The molecule has 0 saturated heterocycles. The maximum Gasteiger partial charge on any atom is 0.306 e. The molecule has 1 amide bonds. The van der Waals surface area contributed by atoms with Gasteiger partial charge >= 0.3 is 5.97 Å². The van der Waals surface area contributed by atoms with E-state index in [2.05, 4.69) is 62.5 Å². The van der Waals surface area contributed by atoms with Crippen LogP contribution in [0.15, 0.2) is 36.5 Å². The third-order valence-electron chi connectivity index (χ3n) is 12.0. The minimum Gasteiger partial charge on any atom is -0.462 e. The van der Waals surface area contributed by atoms with Gasteiger partial charge in [0.1, 0.15) is 6.10 Å². The minimum absolute atomic E-state index is 0.0577. The molecule has 0 aromatic rings. The molecule has 0 bridgehead atoms. The van der Waals surface area contributed by atoms with Gasteiger partial charge in [-0.3, -0.25) is 9.59 Å². The van der Waals surface area contributed by atoms with E-state index in [1.54, 1.807) is 0 Å². The van der Waals surface area contributed by atoms with Crippen LogP contribution in [0.2, 0.25) is 0 Å². The van der Waals surface area contributed by atoms with Crippen molar-refractivity contribution in [2.75, 3.05) is 6.61 Å². The number of carbonyl (C=O) groups excluding carboxylic acids is 2. The summed E-state index contributed by atoms with van der Waals surface area (Å²) in [5, 5.41) is 23.7. The highest BCUT2D eigenvalue weighted by Gasteiger charge is 2.24. The van der Waals surface area contributed by atoms with Gasteiger partial charge in [0, 0.05) is 6.42 Å². The van der Waals surface area contributed by atoms with Crippen LogP contribution in [-0.4, -0.2) is 46.9 Å². The topological polar surface area (TPSA) is 95.9 Å². The number of hydrogen-bond donors (Lipinski definition) is 3. The molecule has 352 valence electrons. The van der Waals surface area contributed by atoms with Gasteiger partial charge in [-0.1, -0.05) is 224 Å². The number of nitrogens with one attached hydrogen (secondary N) is 1. The summed E-state index contributed by atoms with van der Waals surface area (Å²) in [5.41, 5.74) is 0. The van der Waals surface area contributed by atoms with E-state index in [1.807, 2.05) is 0 Å². The zero-order valence-corrected chi connectivity index (χ0v) is 40.1. The number of ether oxygens (including phenoxy) is 1. The molecular weight excluding hydrogens is 743 g/mol. The quantitative estimate of drug-likeness (QED) is 0.0245. The monoisotopic (exact) mass is 844 g/mol. The molecule has 0 aliphatic heterocycles. The van der Waals surface area contributed by atoms with E-state index in [9.17, 15) is 19.8 Å². The Morgan fingerprint density at radius 1 is 0.483 bits per heavy atom. The Balaban J connectivity index is 4.47. The van der Waals surface area contributed by atoms with Crippen molar-refractivity contribution >= 4 is 11.9 Å². The van der Waals surface area contributed by atoms with Crippen molar-refractivity contribution in [1.29, 1.82) is 0 Å². The third-order valence-corrected chi connectivity index (χ3v) is 12.0. The lowest BCUT2D eigenvalue weighted by molar-refractivity contribution is -0.151. The summed E-state index contributed by atoms with van der Waals surface area (Å²) in [5.74, 6) is -0.516. The lowest BCUT2D eigenvalue weighted by Gasteiger charge is -2.24. The molecule has 3 N–H and O–H groups in total. The molecule has 0 aliphatic rings. The molecule has 6 nitrogen and oxygen atoms in total. The molecular formula is C54H101NO5. The van der Waals surface area contributed by atoms with Crippen LogP contribution in [0.3, 0.4) is 0 Å². The molecule has 0 aliphatic carbocycles. The maximum atomic E-state index is 13.2. The summed E-state index contributed by atoms with van der Waals surface area (Å²) in [4.78, 5) is 26.1. The molecule has 0 radical (unpaired) electrons. The Labute approximate surface area is 373 Å². The second kappa shape index (κ2) is 48.1. The average Bonchev–Trinajstić information content (AvgIpc) is 3.24. The number of unbranched alkanes of at least 4 members (excludes halogenated alkanes) is 30. The Hall–Kier alpha value is -1.92. The van der Waals surface area contributed by atoms with Crippen LogP contribution in [0, 0.1) is 0 Å². The zero-order chi connectivity index (χ0) is 43.8. The lowest BCUT2D eigenvalue weighted by atomic mass is 10.0. The number of amides is 1. The Kier molecular flexibility index (Phi) is 46.6. The van der Waals surface area contributed by atoms with Gasteiger partial charge in [-0.2, -0.15) is 0 Å². The largest absolute Gasteiger partial charge is 0.462 e. The maximum absolute atomic E-state index is 13.2. The summed E-state index contributed by atoms with van der Waals surface area (Å²) in [6, 6.07) is -0.709. The second-order valence-corrected chi connectivity index (χ2v) is 17.9. The van der Waals surface area contributed by atoms with Crippen molar-refractivity contribution in [3.05, 3.63) is 36.5 Å². The highest BCUT2D eigenvalue weighted by atomic mass is 16.5. The van der Waals surface area contributed by atoms with Crippen LogP contribution in [-0.2, 0) is 14.3 Å². The van der Waals surface area contributed by atoms with E-state index in [4.69, 9.17) is 4.74 Å². The van der Waals surface area contributed by atoms with Crippen molar-refractivity contribution in [3.63, 3.8) is 0 Å². The third kappa shape index (κ3) is 42.8. The molecule has 0 heterocycles. The van der Waals surface area contributed by atoms with Crippen LogP contribution < -0.4 is 5.32 Å². The first kappa shape index (κ1) is 58.1. The molecule has 6 heteroatoms.